The highest BCUT2D eigenvalue weighted by atomic mass is 127. The van der Waals surface area contributed by atoms with Crippen molar-refractivity contribution >= 4 is 40.0 Å². The summed E-state index contributed by atoms with van der Waals surface area (Å²) in [5.74, 6) is 0.422. The molecule has 0 aliphatic carbocycles. The fourth-order valence-corrected chi connectivity index (χ4v) is 3.31. The summed E-state index contributed by atoms with van der Waals surface area (Å²) in [4.78, 5) is 6.09. The van der Waals surface area contributed by atoms with Gasteiger partial charge in [0.1, 0.15) is 5.82 Å². The van der Waals surface area contributed by atoms with Gasteiger partial charge >= 0.3 is 0 Å². The molecule has 0 amide bonds. The molecule has 144 valence electrons. The van der Waals surface area contributed by atoms with Crippen molar-refractivity contribution in [2.45, 2.75) is 19.9 Å². The summed E-state index contributed by atoms with van der Waals surface area (Å²) in [5, 5.41) is 3.20. The van der Waals surface area contributed by atoms with Gasteiger partial charge in [-0.1, -0.05) is 19.1 Å². The average molecular weight is 486 g/mol. The van der Waals surface area contributed by atoms with E-state index >= 15 is 0 Å². The number of aliphatic imine (C=N–C) groups is 1. The lowest BCUT2D eigenvalue weighted by Gasteiger charge is -2.23. The predicted molar refractivity (Wildman–Crippen MR) is 111 cm³/mol. The van der Waals surface area contributed by atoms with Crippen LogP contribution < -0.4 is 5.32 Å². The van der Waals surface area contributed by atoms with Crippen molar-refractivity contribution in [3.63, 3.8) is 0 Å². The maximum Gasteiger partial charge on any atom is 0.211 e. The summed E-state index contributed by atoms with van der Waals surface area (Å²) < 4.78 is 37.7. The molecule has 1 aromatic rings. The molecule has 1 N–H and O–H groups in total. The van der Waals surface area contributed by atoms with Gasteiger partial charge in [0.25, 0.3) is 0 Å². The van der Waals surface area contributed by atoms with E-state index in [1.807, 2.05) is 24.9 Å². The Labute approximate surface area is 167 Å². The molecule has 25 heavy (non-hydrogen) atoms. The molecule has 0 aliphatic heterocycles. The Kier molecular flexibility index (Phi) is 11.2. The second-order valence-electron chi connectivity index (χ2n) is 5.57. The summed E-state index contributed by atoms with van der Waals surface area (Å²) >= 11 is 0. The summed E-state index contributed by atoms with van der Waals surface area (Å²) in [6, 6.07) is 6.45. The predicted octanol–water partition coefficient (Wildman–Crippen LogP) is 2.12. The zero-order chi connectivity index (χ0) is 18.2. The number of halogens is 2. The third-order valence-corrected chi connectivity index (χ3v) is 4.95. The van der Waals surface area contributed by atoms with Gasteiger partial charge in [-0.25, -0.2) is 17.1 Å². The van der Waals surface area contributed by atoms with Crippen molar-refractivity contribution in [2.24, 2.45) is 4.99 Å². The Balaban J connectivity index is 0.00000576. The lowest BCUT2D eigenvalue weighted by Crippen LogP contribution is -2.40. The molecule has 0 saturated heterocycles. The highest BCUT2D eigenvalue weighted by Gasteiger charge is 2.13. The molecular weight excluding hydrogens is 458 g/mol. The van der Waals surface area contributed by atoms with E-state index < -0.39 is 10.0 Å². The van der Waals surface area contributed by atoms with Crippen LogP contribution in [0.1, 0.15) is 18.9 Å². The summed E-state index contributed by atoms with van der Waals surface area (Å²) in [7, 11) is 0.397. The zero-order valence-corrected chi connectivity index (χ0v) is 18.3. The Hall–Kier alpha value is -0.940. The molecule has 0 aliphatic rings. The van der Waals surface area contributed by atoms with Crippen LogP contribution in [0.3, 0.4) is 0 Å². The monoisotopic (exact) mass is 486 g/mol. The minimum atomic E-state index is -3.15. The quantitative estimate of drug-likeness (QED) is 0.265. The molecule has 0 saturated carbocycles. The maximum atomic E-state index is 13.2. The molecule has 0 unspecified atom stereocenters. The number of benzene rings is 1. The fourth-order valence-electron chi connectivity index (χ4n) is 2.38. The molecule has 0 fully saturated rings. The SMILES string of the molecule is CCN(CCCNC(=NC)N(C)Cc1cccc(F)c1)S(C)(=O)=O.I. The van der Waals surface area contributed by atoms with Crippen molar-refractivity contribution < 1.29 is 12.8 Å². The molecule has 0 spiro atoms. The first-order chi connectivity index (χ1) is 11.3. The molecule has 0 bridgehead atoms. The van der Waals surface area contributed by atoms with Gasteiger partial charge in [0.2, 0.25) is 10.0 Å². The number of sulfonamides is 1. The van der Waals surface area contributed by atoms with Gasteiger partial charge in [0.15, 0.2) is 5.96 Å². The molecule has 0 atom stereocenters. The van der Waals surface area contributed by atoms with Gasteiger partial charge < -0.3 is 10.2 Å². The smallest absolute Gasteiger partial charge is 0.211 e. The Morgan fingerprint density at radius 3 is 2.56 bits per heavy atom. The molecule has 6 nitrogen and oxygen atoms in total. The van der Waals surface area contributed by atoms with Crippen LogP contribution in [0.2, 0.25) is 0 Å². The topological polar surface area (TPSA) is 65.0 Å². The number of rotatable bonds is 8. The molecule has 0 aromatic heterocycles. The number of hydrogen-bond acceptors (Lipinski definition) is 3. The molecular formula is C16H28FIN4O2S. The van der Waals surface area contributed by atoms with Crippen molar-refractivity contribution in [1.82, 2.24) is 14.5 Å². The van der Waals surface area contributed by atoms with Crippen LogP contribution in [-0.4, -0.2) is 63.6 Å². The van der Waals surface area contributed by atoms with Crippen LogP contribution >= 0.6 is 24.0 Å². The van der Waals surface area contributed by atoms with Gasteiger partial charge in [0.05, 0.1) is 6.26 Å². The average Bonchev–Trinajstić information content (AvgIpc) is 2.49. The first kappa shape index (κ1) is 24.1. The van der Waals surface area contributed by atoms with Crippen molar-refractivity contribution in [1.29, 1.82) is 0 Å². The fraction of sp³-hybridized carbons (Fsp3) is 0.562. The first-order valence-corrected chi connectivity index (χ1v) is 9.74. The van der Waals surface area contributed by atoms with Gasteiger partial charge in [0, 0.05) is 40.3 Å². The Bertz CT molecular complexity index is 655. The van der Waals surface area contributed by atoms with E-state index in [2.05, 4.69) is 10.3 Å². The van der Waals surface area contributed by atoms with Gasteiger partial charge in [-0.2, -0.15) is 0 Å². The molecule has 0 radical (unpaired) electrons. The van der Waals surface area contributed by atoms with E-state index in [-0.39, 0.29) is 29.8 Å². The van der Waals surface area contributed by atoms with Gasteiger partial charge in [-0.3, -0.25) is 4.99 Å². The van der Waals surface area contributed by atoms with Crippen LogP contribution in [-0.2, 0) is 16.6 Å². The van der Waals surface area contributed by atoms with Gasteiger partial charge in [-0.15, -0.1) is 24.0 Å². The van der Waals surface area contributed by atoms with Crippen LogP contribution in [0.25, 0.3) is 0 Å². The normalized spacial score (nSPS) is 12.0. The van der Waals surface area contributed by atoms with E-state index in [0.717, 1.165) is 5.56 Å². The second kappa shape index (κ2) is 11.6. The second-order valence-corrected chi connectivity index (χ2v) is 7.55. The first-order valence-electron chi connectivity index (χ1n) is 7.89. The summed E-state index contributed by atoms with van der Waals surface area (Å²) in [5.41, 5.74) is 0.856. The highest BCUT2D eigenvalue weighted by molar-refractivity contribution is 14.0. The third kappa shape index (κ3) is 8.82. The van der Waals surface area contributed by atoms with E-state index in [9.17, 15) is 12.8 Å². The minimum Gasteiger partial charge on any atom is -0.356 e. The van der Waals surface area contributed by atoms with Crippen molar-refractivity contribution in [3.05, 3.63) is 35.6 Å². The standard InChI is InChI=1S/C16H27FN4O2S.HI/c1-5-21(24(4,22)23)11-7-10-19-16(18-2)20(3)13-14-8-6-9-15(17)12-14;/h6,8-9,12H,5,7,10-11,13H2,1-4H3,(H,18,19);1H. The Morgan fingerprint density at radius 1 is 1.36 bits per heavy atom. The summed E-state index contributed by atoms with van der Waals surface area (Å²) in [6.07, 6.45) is 1.89. The van der Waals surface area contributed by atoms with Gasteiger partial charge in [-0.05, 0) is 24.1 Å². The van der Waals surface area contributed by atoms with Crippen molar-refractivity contribution in [3.8, 4) is 0 Å². The van der Waals surface area contributed by atoms with Crippen molar-refractivity contribution in [2.75, 3.05) is 40.0 Å². The van der Waals surface area contributed by atoms with Crippen LogP contribution in [0.4, 0.5) is 4.39 Å². The molecule has 1 aromatic carbocycles. The van der Waals surface area contributed by atoms with E-state index in [1.165, 1.54) is 22.7 Å². The van der Waals surface area contributed by atoms with Crippen LogP contribution in [0, 0.1) is 5.82 Å². The lowest BCUT2D eigenvalue weighted by molar-refractivity contribution is 0.419. The maximum absolute atomic E-state index is 13.2. The number of guanidine groups is 1. The van der Waals surface area contributed by atoms with Crippen LogP contribution in [0.15, 0.2) is 29.3 Å². The zero-order valence-electron chi connectivity index (χ0n) is 15.2. The number of nitrogens with zero attached hydrogens (tertiary/aromatic N) is 3. The van der Waals surface area contributed by atoms with E-state index in [0.29, 0.717) is 38.6 Å². The lowest BCUT2D eigenvalue weighted by atomic mass is 10.2. The molecule has 9 heteroatoms. The highest BCUT2D eigenvalue weighted by Crippen LogP contribution is 2.06. The van der Waals surface area contributed by atoms with Crippen LogP contribution in [0.5, 0.6) is 0 Å². The molecule has 0 heterocycles. The van der Waals surface area contributed by atoms with E-state index in [1.54, 1.807) is 13.1 Å². The summed E-state index contributed by atoms with van der Waals surface area (Å²) in [6.45, 7) is 3.88. The van der Waals surface area contributed by atoms with E-state index in [4.69, 9.17) is 0 Å². The number of hydrogen-bond donors (Lipinski definition) is 1. The third-order valence-electron chi connectivity index (χ3n) is 3.57. The largest absolute Gasteiger partial charge is 0.356 e. The number of nitrogens with one attached hydrogen (secondary N) is 1. The molecule has 1 rings (SSSR count). The Morgan fingerprint density at radius 2 is 2.04 bits per heavy atom. The minimum absolute atomic E-state index is 0.